The van der Waals surface area contributed by atoms with Gasteiger partial charge in [0.2, 0.25) is 0 Å². The van der Waals surface area contributed by atoms with E-state index in [1.165, 1.54) is 0 Å². The van der Waals surface area contributed by atoms with E-state index in [2.05, 4.69) is 15.6 Å². The van der Waals surface area contributed by atoms with E-state index in [4.69, 9.17) is 9.47 Å². The molecule has 156 valence electrons. The normalized spacial score (nSPS) is 11.6. The summed E-state index contributed by atoms with van der Waals surface area (Å²) in [5.74, 6) is 1.27. The van der Waals surface area contributed by atoms with Gasteiger partial charge in [-0.2, -0.15) is 0 Å². The Balaban J connectivity index is 1.44. The number of carbonyl (C=O) groups excluding carboxylic acids is 2. The molecular formula is C22H24N4O4. The van der Waals surface area contributed by atoms with Crippen LogP contribution in [0.4, 0.5) is 0 Å². The van der Waals surface area contributed by atoms with Gasteiger partial charge in [-0.1, -0.05) is 29.5 Å². The van der Waals surface area contributed by atoms with E-state index in [1.807, 2.05) is 30.3 Å². The van der Waals surface area contributed by atoms with E-state index in [0.717, 1.165) is 23.9 Å². The summed E-state index contributed by atoms with van der Waals surface area (Å²) in [6.07, 6.45) is 4.09. The third-order valence-electron chi connectivity index (χ3n) is 4.51. The van der Waals surface area contributed by atoms with Gasteiger partial charge in [0.15, 0.2) is 6.29 Å². The molecule has 1 N–H and O–H groups in total. The summed E-state index contributed by atoms with van der Waals surface area (Å²) in [5.41, 5.74) is 2.22. The lowest BCUT2D eigenvalue weighted by Crippen LogP contribution is -2.28. The first-order valence-electron chi connectivity index (χ1n) is 9.62. The summed E-state index contributed by atoms with van der Waals surface area (Å²) in [6.45, 7) is 1.19. The molecule has 0 bridgehead atoms. The van der Waals surface area contributed by atoms with Gasteiger partial charge in [-0.3, -0.25) is 4.79 Å². The Morgan fingerprint density at radius 1 is 1.10 bits per heavy atom. The minimum atomic E-state index is -0.186. The van der Waals surface area contributed by atoms with Crippen molar-refractivity contribution in [2.75, 3.05) is 13.7 Å². The van der Waals surface area contributed by atoms with Crippen LogP contribution >= 0.6 is 0 Å². The van der Waals surface area contributed by atoms with Crippen LogP contribution in [0, 0.1) is 0 Å². The minimum Gasteiger partial charge on any atom is -0.492 e. The molecule has 0 amide bonds. The van der Waals surface area contributed by atoms with Crippen molar-refractivity contribution in [1.29, 1.82) is 0 Å². The van der Waals surface area contributed by atoms with Crippen LogP contribution in [0.2, 0.25) is 0 Å². The maximum atomic E-state index is 11.0. The van der Waals surface area contributed by atoms with Gasteiger partial charge in [0.05, 0.1) is 24.3 Å². The summed E-state index contributed by atoms with van der Waals surface area (Å²) in [7, 11) is 1.77. The lowest BCUT2D eigenvalue weighted by atomic mass is 10.1. The molecule has 0 aliphatic heterocycles. The van der Waals surface area contributed by atoms with Gasteiger partial charge in [0.1, 0.15) is 36.7 Å². The number of rotatable bonds is 12. The smallest absolute Gasteiger partial charge is 0.153 e. The number of aldehydes is 2. The van der Waals surface area contributed by atoms with Crippen molar-refractivity contribution in [2.45, 2.75) is 25.6 Å². The average Bonchev–Trinajstić information content (AvgIpc) is 3.25. The standard InChI is InChI=1S/C22H24N4O4/c1-23-19(15-28)12-17-6-8-21(9-7-17)29-11-10-26-13-20(24-25-26)16-30-22-5-3-2-4-18(22)14-27/h2-9,13-15,19,23H,10-12,16H2,1H3. The fourth-order valence-corrected chi connectivity index (χ4v) is 2.83. The third-order valence-corrected chi connectivity index (χ3v) is 4.51. The van der Waals surface area contributed by atoms with Crippen molar-refractivity contribution in [3.63, 3.8) is 0 Å². The van der Waals surface area contributed by atoms with Crippen LogP contribution in [-0.4, -0.2) is 47.3 Å². The molecule has 30 heavy (non-hydrogen) atoms. The maximum absolute atomic E-state index is 11.0. The molecule has 0 spiro atoms. The van der Waals surface area contributed by atoms with Crippen molar-refractivity contribution < 1.29 is 19.1 Å². The molecular weight excluding hydrogens is 384 g/mol. The van der Waals surface area contributed by atoms with E-state index in [1.54, 1.807) is 36.1 Å². The van der Waals surface area contributed by atoms with Crippen molar-refractivity contribution in [2.24, 2.45) is 0 Å². The molecule has 3 aromatic rings. The molecule has 3 rings (SSSR count). The van der Waals surface area contributed by atoms with Crippen LogP contribution in [0.3, 0.4) is 0 Å². The minimum absolute atomic E-state index is 0.186. The number of carbonyl (C=O) groups is 2. The van der Waals surface area contributed by atoms with Crippen molar-refractivity contribution in [3.05, 3.63) is 71.5 Å². The van der Waals surface area contributed by atoms with Gasteiger partial charge in [0, 0.05) is 0 Å². The molecule has 1 unspecified atom stereocenters. The van der Waals surface area contributed by atoms with Crippen molar-refractivity contribution in [3.8, 4) is 11.5 Å². The van der Waals surface area contributed by atoms with Crippen LogP contribution in [0.1, 0.15) is 21.6 Å². The number of ether oxygens (including phenoxy) is 2. The number of hydrogen-bond acceptors (Lipinski definition) is 7. The lowest BCUT2D eigenvalue weighted by molar-refractivity contribution is -0.109. The molecule has 0 fully saturated rings. The molecule has 1 aromatic heterocycles. The average molecular weight is 408 g/mol. The van der Waals surface area contributed by atoms with Crippen LogP contribution in [-0.2, 0) is 24.4 Å². The van der Waals surface area contributed by atoms with Crippen LogP contribution in [0.5, 0.6) is 11.5 Å². The maximum Gasteiger partial charge on any atom is 0.153 e. The number of benzene rings is 2. The second kappa shape index (κ2) is 10.9. The zero-order valence-electron chi connectivity index (χ0n) is 16.7. The van der Waals surface area contributed by atoms with Crippen molar-refractivity contribution in [1.82, 2.24) is 20.3 Å². The first-order valence-corrected chi connectivity index (χ1v) is 9.62. The Kier molecular flexibility index (Phi) is 7.68. The van der Waals surface area contributed by atoms with Gasteiger partial charge < -0.3 is 19.6 Å². The van der Waals surface area contributed by atoms with E-state index in [-0.39, 0.29) is 12.6 Å². The Morgan fingerprint density at radius 3 is 2.63 bits per heavy atom. The van der Waals surface area contributed by atoms with Gasteiger partial charge in [-0.15, -0.1) is 5.10 Å². The fraction of sp³-hybridized carbons (Fsp3) is 0.273. The number of para-hydroxylation sites is 1. The topological polar surface area (TPSA) is 95.3 Å². The van der Waals surface area contributed by atoms with E-state index in [9.17, 15) is 9.59 Å². The van der Waals surface area contributed by atoms with E-state index in [0.29, 0.717) is 36.6 Å². The molecule has 8 nitrogen and oxygen atoms in total. The van der Waals surface area contributed by atoms with Crippen LogP contribution in [0.25, 0.3) is 0 Å². The van der Waals surface area contributed by atoms with Crippen LogP contribution < -0.4 is 14.8 Å². The number of hydrogen-bond donors (Lipinski definition) is 1. The molecule has 1 atom stereocenters. The SMILES string of the molecule is CNC(C=O)Cc1ccc(OCCn2cc(COc3ccccc3C=O)nn2)cc1. The highest BCUT2D eigenvalue weighted by molar-refractivity contribution is 5.79. The molecule has 8 heteroatoms. The summed E-state index contributed by atoms with van der Waals surface area (Å²) < 4.78 is 13.1. The van der Waals surface area contributed by atoms with Gasteiger partial charge >= 0.3 is 0 Å². The first-order chi connectivity index (χ1) is 14.7. The third kappa shape index (κ3) is 5.99. The highest BCUT2D eigenvalue weighted by Gasteiger charge is 2.07. The lowest BCUT2D eigenvalue weighted by Gasteiger charge is -2.10. The number of nitrogens with zero attached hydrogens (tertiary/aromatic N) is 3. The summed E-state index contributed by atoms with van der Waals surface area (Å²) in [4.78, 5) is 21.9. The number of nitrogens with one attached hydrogen (secondary N) is 1. The van der Waals surface area contributed by atoms with Gasteiger partial charge in [-0.05, 0) is 43.3 Å². The molecule has 0 saturated heterocycles. The second-order valence-electron chi connectivity index (χ2n) is 6.65. The molecule has 0 aliphatic carbocycles. The summed E-state index contributed by atoms with van der Waals surface area (Å²) in [6, 6.07) is 14.5. The molecule has 0 aliphatic rings. The zero-order valence-corrected chi connectivity index (χ0v) is 16.7. The molecule has 0 radical (unpaired) electrons. The molecule has 1 heterocycles. The predicted molar refractivity (Wildman–Crippen MR) is 111 cm³/mol. The van der Waals surface area contributed by atoms with Crippen LogP contribution in [0.15, 0.2) is 54.7 Å². The Labute approximate surface area is 174 Å². The zero-order chi connectivity index (χ0) is 21.2. The summed E-state index contributed by atoms with van der Waals surface area (Å²) in [5, 5.41) is 11.1. The monoisotopic (exact) mass is 408 g/mol. The Hall–Kier alpha value is -3.52. The van der Waals surface area contributed by atoms with E-state index >= 15 is 0 Å². The largest absolute Gasteiger partial charge is 0.492 e. The fourth-order valence-electron chi connectivity index (χ4n) is 2.83. The second-order valence-corrected chi connectivity index (χ2v) is 6.65. The number of aromatic nitrogens is 3. The Morgan fingerprint density at radius 2 is 1.90 bits per heavy atom. The molecule has 2 aromatic carbocycles. The van der Waals surface area contributed by atoms with Gasteiger partial charge in [-0.25, -0.2) is 4.68 Å². The van der Waals surface area contributed by atoms with E-state index < -0.39 is 0 Å². The highest BCUT2D eigenvalue weighted by Crippen LogP contribution is 2.17. The molecule has 0 saturated carbocycles. The van der Waals surface area contributed by atoms with Crippen molar-refractivity contribution >= 4 is 12.6 Å². The Bertz CT molecular complexity index is 956. The predicted octanol–water partition coefficient (Wildman–Crippen LogP) is 2.08. The summed E-state index contributed by atoms with van der Waals surface area (Å²) >= 11 is 0. The quantitative estimate of drug-likeness (QED) is 0.459. The highest BCUT2D eigenvalue weighted by atomic mass is 16.5. The number of likely N-dealkylation sites (N-methyl/N-ethyl adjacent to an activating group) is 1. The van der Waals surface area contributed by atoms with Gasteiger partial charge in [0.25, 0.3) is 0 Å². The first kappa shape index (κ1) is 21.2.